The van der Waals surface area contributed by atoms with Crippen LogP contribution in [0.4, 0.5) is 5.69 Å². The van der Waals surface area contributed by atoms with Crippen LogP contribution in [0.5, 0.6) is 0 Å². The number of benzene rings is 1. The number of para-hydroxylation sites is 1. The molecule has 1 heteroatoms. The lowest BCUT2D eigenvalue weighted by atomic mass is 9.60. The first-order valence-electron chi connectivity index (χ1n) is 7.96. The second-order valence-corrected chi connectivity index (χ2v) is 6.88. The molecule has 1 aromatic rings. The van der Waals surface area contributed by atoms with Crippen LogP contribution in [-0.4, -0.2) is 12.6 Å². The van der Waals surface area contributed by atoms with Crippen molar-refractivity contribution in [1.82, 2.24) is 0 Å². The van der Waals surface area contributed by atoms with Gasteiger partial charge in [-0.3, -0.25) is 0 Å². The lowest BCUT2D eigenvalue weighted by Crippen LogP contribution is -2.54. The second kappa shape index (κ2) is 3.65. The molecule has 5 rings (SSSR count). The number of nitrogens with zero attached hydrogens (tertiary/aromatic N) is 1. The summed E-state index contributed by atoms with van der Waals surface area (Å²) < 4.78 is 0. The lowest BCUT2D eigenvalue weighted by molar-refractivity contribution is 0.109. The van der Waals surface area contributed by atoms with Gasteiger partial charge in [0.15, 0.2) is 0 Å². The maximum Gasteiger partial charge on any atom is 0.0405 e. The fourth-order valence-electron chi connectivity index (χ4n) is 5.57. The highest BCUT2D eigenvalue weighted by Gasteiger charge is 2.52. The minimum absolute atomic E-state index is 0.819. The number of anilines is 1. The van der Waals surface area contributed by atoms with Crippen molar-refractivity contribution in [1.29, 1.82) is 0 Å². The summed E-state index contributed by atoms with van der Waals surface area (Å²) in [7, 11) is 0. The van der Waals surface area contributed by atoms with E-state index in [9.17, 15) is 0 Å². The van der Waals surface area contributed by atoms with Gasteiger partial charge in [0.05, 0.1) is 0 Å². The summed E-state index contributed by atoms with van der Waals surface area (Å²) in [4.78, 5) is 2.77. The van der Waals surface area contributed by atoms with E-state index >= 15 is 0 Å². The lowest BCUT2D eigenvalue weighted by Gasteiger charge is -2.52. The van der Waals surface area contributed by atoms with Crippen molar-refractivity contribution >= 4 is 5.69 Å². The summed E-state index contributed by atoms with van der Waals surface area (Å²) >= 11 is 0. The van der Waals surface area contributed by atoms with Gasteiger partial charge in [-0.05, 0) is 55.1 Å². The molecule has 2 fully saturated rings. The molecule has 1 saturated carbocycles. The van der Waals surface area contributed by atoms with Crippen molar-refractivity contribution in [3.05, 3.63) is 42.0 Å². The Morgan fingerprint density at radius 3 is 3.00 bits per heavy atom. The van der Waals surface area contributed by atoms with Crippen LogP contribution in [0.3, 0.4) is 0 Å². The van der Waals surface area contributed by atoms with E-state index in [0.29, 0.717) is 0 Å². The normalized spacial score (nSPS) is 41.9. The van der Waals surface area contributed by atoms with Gasteiger partial charge in [0.1, 0.15) is 0 Å². The van der Waals surface area contributed by atoms with Crippen LogP contribution in [0, 0.1) is 17.8 Å². The third kappa shape index (κ3) is 1.26. The maximum absolute atomic E-state index is 2.77. The molecule has 0 radical (unpaired) electrons. The van der Waals surface area contributed by atoms with Gasteiger partial charge in [0.2, 0.25) is 0 Å². The average molecular weight is 251 g/mol. The number of fused-ring (bicyclic) bond motifs is 3. The van der Waals surface area contributed by atoms with E-state index in [1.807, 2.05) is 0 Å². The van der Waals surface area contributed by atoms with Crippen LogP contribution in [0.15, 0.2) is 36.4 Å². The largest absolute Gasteiger partial charge is 0.367 e. The first-order valence-corrected chi connectivity index (χ1v) is 7.96. The minimum Gasteiger partial charge on any atom is -0.367 e. The summed E-state index contributed by atoms with van der Waals surface area (Å²) in [6.07, 6.45) is 10.6. The quantitative estimate of drug-likeness (QED) is 0.631. The molecule has 5 unspecified atom stereocenters. The van der Waals surface area contributed by atoms with Crippen LogP contribution in [-0.2, 0) is 0 Å². The summed E-state index contributed by atoms with van der Waals surface area (Å²) in [6, 6.07) is 10.0. The van der Waals surface area contributed by atoms with Crippen molar-refractivity contribution in [3.63, 3.8) is 0 Å². The highest BCUT2D eigenvalue weighted by atomic mass is 15.2. The Labute approximate surface area is 115 Å². The highest BCUT2D eigenvalue weighted by Crippen LogP contribution is 2.57. The molecule has 2 heterocycles. The predicted molar refractivity (Wildman–Crippen MR) is 78.4 cm³/mol. The smallest absolute Gasteiger partial charge is 0.0405 e. The minimum atomic E-state index is 0.819. The fraction of sp³-hybridized carbons (Fsp3) is 0.556. The van der Waals surface area contributed by atoms with Crippen molar-refractivity contribution in [3.8, 4) is 0 Å². The zero-order chi connectivity index (χ0) is 12.4. The molecule has 0 spiro atoms. The zero-order valence-corrected chi connectivity index (χ0v) is 11.3. The first-order chi connectivity index (χ1) is 9.43. The molecule has 1 saturated heterocycles. The molecule has 0 aromatic heterocycles. The topological polar surface area (TPSA) is 3.24 Å². The number of rotatable bonds is 0. The van der Waals surface area contributed by atoms with Crippen molar-refractivity contribution in [2.45, 2.75) is 37.6 Å². The van der Waals surface area contributed by atoms with Gasteiger partial charge < -0.3 is 4.90 Å². The number of piperidine rings is 1. The molecule has 19 heavy (non-hydrogen) atoms. The van der Waals surface area contributed by atoms with Crippen LogP contribution in [0.25, 0.3) is 0 Å². The van der Waals surface area contributed by atoms with Gasteiger partial charge in [-0.25, -0.2) is 0 Å². The third-order valence-corrected chi connectivity index (χ3v) is 6.22. The summed E-state index contributed by atoms with van der Waals surface area (Å²) in [6.45, 7) is 1.29. The molecule has 4 aliphatic rings. The molecule has 5 atom stereocenters. The molecule has 98 valence electrons. The van der Waals surface area contributed by atoms with Gasteiger partial charge in [-0.15, -0.1) is 0 Å². The fourth-order valence-corrected chi connectivity index (χ4v) is 5.57. The van der Waals surface area contributed by atoms with Crippen molar-refractivity contribution < 1.29 is 0 Å². The van der Waals surface area contributed by atoms with Crippen molar-refractivity contribution in [2.24, 2.45) is 17.8 Å². The summed E-state index contributed by atoms with van der Waals surface area (Å²) in [5, 5.41) is 0. The van der Waals surface area contributed by atoms with Gasteiger partial charge in [0, 0.05) is 24.2 Å². The molecule has 0 bridgehead atoms. The van der Waals surface area contributed by atoms with Gasteiger partial charge >= 0.3 is 0 Å². The van der Waals surface area contributed by atoms with Gasteiger partial charge in [-0.1, -0.05) is 30.4 Å². The number of allylic oxidation sites excluding steroid dienone is 2. The Balaban J connectivity index is 1.66. The van der Waals surface area contributed by atoms with E-state index in [1.54, 1.807) is 11.3 Å². The molecule has 2 aliphatic carbocycles. The van der Waals surface area contributed by atoms with E-state index in [1.165, 1.54) is 32.2 Å². The van der Waals surface area contributed by atoms with E-state index in [0.717, 1.165) is 29.7 Å². The van der Waals surface area contributed by atoms with Crippen molar-refractivity contribution in [2.75, 3.05) is 11.4 Å². The Morgan fingerprint density at radius 1 is 1.05 bits per heavy atom. The molecule has 0 N–H and O–H groups in total. The average Bonchev–Trinajstić information content (AvgIpc) is 2.81. The Bertz CT molecular complexity index is 521. The van der Waals surface area contributed by atoms with Crippen LogP contribution >= 0.6 is 0 Å². The molecular weight excluding hydrogens is 230 g/mol. The number of hydrogen-bond donors (Lipinski definition) is 0. The van der Waals surface area contributed by atoms with Gasteiger partial charge in [-0.2, -0.15) is 0 Å². The van der Waals surface area contributed by atoms with E-state index in [2.05, 4.69) is 41.3 Å². The van der Waals surface area contributed by atoms with E-state index in [4.69, 9.17) is 0 Å². The maximum atomic E-state index is 2.77. The standard InChI is InChI=1S/C18H21N/c1-2-7-16-14(6-1)15-9-8-12-4-3-5-13-10-11-19(16)18(15)17(12)13/h1-4,6-7,12-13,15,17-18H,5,8-11H2. The van der Waals surface area contributed by atoms with Gasteiger partial charge in [0.25, 0.3) is 0 Å². The second-order valence-electron chi connectivity index (χ2n) is 6.88. The summed E-state index contributed by atoms with van der Waals surface area (Å²) in [5.41, 5.74) is 3.22. The molecule has 1 aromatic carbocycles. The third-order valence-electron chi connectivity index (χ3n) is 6.22. The Hall–Kier alpha value is -1.24. The predicted octanol–water partition coefficient (Wildman–Crippen LogP) is 3.96. The van der Waals surface area contributed by atoms with E-state index in [-0.39, 0.29) is 0 Å². The SMILES string of the molecule is C1=CC2CCC3c4ccccc4N4CCC(C1)C2C34. The number of hydrogen-bond acceptors (Lipinski definition) is 1. The first kappa shape index (κ1) is 10.5. The molecule has 0 amide bonds. The Kier molecular flexibility index (Phi) is 2.03. The Morgan fingerprint density at radius 2 is 2.00 bits per heavy atom. The monoisotopic (exact) mass is 251 g/mol. The highest BCUT2D eigenvalue weighted by molar-refractivity contribution is 5.63. The van der Waals surface area contributed by atoms with Crippen LogP contribution < -0.4 is 4.90 Å². The molecular formula is C18H21N. The molecule has 1 nitrogen and oxygen atoms in total. The van der Waals surface area contributed by atoms with Crippen LogP contribution in [0.2, 0.25) is 0 Å². The van der Waals surface area contributed by atoms with Crippen LogP contribution in [0.1, 0.15) is 37.2 Å². The van der Waals surface area contributed by atoms with E-state index < -0.39 is 0 Å². The summed E-state index contributed by atoms with van der Waals surface area (Å²) in [5.74, 6) is 3.60. The molecule has 2 aliphatic heterocycles. The zero-order valence-electron chi connectivity index (χ0n) is 11.3.